The lowest BCUT2D eigenvalue weighted by molar-refractivity contribution is -0.112. The summed E-state index contributed by atoms with van der Waals surface area (Å²) >= 11 is 0. The molecule has 0 spiro atoms. The van der Waals surface area contributed by atoms with Crippen LogP contribution in [0.25, 0.3) is 0 Å². The molecule has 8 heteroatoms. The number of anilines is 2. The van der Waals surface area contributed by atoms with E-state index in [9.17, 15) is 18.5 Å². The summed E-state index contributed by atoms with van der Waals surface area (Å²) in [5, 5.41) is 14.8. The topological polar surface area (TPSA) is 119 Å². The average molecular weight is 385 g/mol. The van der Waals surface area contributed by atoms with E-state index in [0.29, 0.717) is 11.4 Å². The van der Waals surface area contributed by atoms with E-state index in [1.54, 1.807) is 0 Å². The SMILES string of the molecule is CCc1cccc(C)c1NC(=O)/C(C#N)=C\Nc1ccc(S(=O)(=O)O)cc1. The van der Waals surface area contributed by atoms with Crippen molar-refractivity contribution < 1.29 is 17.8 Å². The van der Waals surface area contributed by atoms with Crippen LogP contribution in [-0.2, 0) is 21.3 Å². The van der Waals surface area contributed by atoms with Gasteiger partial charge in [0.25, 0.3) is 16.0 Å². The second-order valence-corrected chi connectivity index (χ2v) is 7.15. The van der Waals surface area contributed by atoms with Crippen LogP contribution < -0.4 is 10.6 Å². The van der Waals surface area contributed by atoms with Crippen LogP contribution in [0.1, 0.15) is 18.1 Å². The Bertz CT molecular complexity index is 1020. The van der Waals surface area contributed by atoms with Crippen molar-refractivity contribution in [2.45, 2.75) is 25.2 Å². The van der Waals surface area contributed by atoms with Crippen molar-refractivity contribution in [1.29, 1.82) is 5.26 Å². The summed E-state index contributed by atoms with van der Waals surface area (Å²) in [5.41, 5.74) is 2.86. The second kappa shape index (κ2) is 8.49. The maximum atomic E-state index is 12.4. The number of aryl methyl sites for hydroxylation is 2. The molecule has 0 fully saturated rings. The molecule has 0 radical (unpaired) electrons. The van der Waals surface area contributed by atoms with Crippen LogP contribution in [0.4, 0.5) is 11.4 Å². The molecule has 0 unspecified atom stereocenters. The van der Waals surface area contributed by atoms with E-state index in [0.717, 1.165) is 17.5 Å². The zero-order valence-corrected chi connectivity index (χ0v) is 15.7. The Hall–Kier alpha value is -3.15. The molecule has 0 saturated heterocycles. The van der Waals surface area contributed by atoms with Gasteiger partial charge >= 0.3 is 0 Å². The van der Waals surface area contributed by atoms with Gasteiger partial charge in [-0.1, -0.05) is 25.1 Å². The summed E-state index contributed by atoms with van der Waals surface area (Å²) in [5.74, 6) is -0.552. The van der Waals surface area contributed by atoms with E-state index in [1.807, 2.05) is 38.1 Å². The number of nitriles is 1. The molecule has 0 aliphatic rings. The maximum Gasteiger partial charge on any atom is 0.294 e. The van der Waals surface area contributed by atoms with Crippen LogP contribution in [0.3, 0.4) is 0 Å². The first kappa shape index (κ1) is 20.2. The molecule has 27 heavy (non-hydrogen) atoms. The molecular weight excluding hydrogens is 366 g/mol. The lowest BCUT2D eigenvalue weighted by Crippen LogP contribution is -2.16. The lowest BCUT2D eigenvalue weighted by atomic mass is 10.1. The van der Waals surface area contributed by atoms with Crippen molar-refractivity contribution in [3.8, 4) is 6.07 Å². The van der Waals surface area contributed by atoms with Gasteiger partial charge in [-0.15, -0.1) is 0 Å². The smallest absolute Gasteiger partial charge is 0.294 e. The fourth-order valence-electron chi connectivity index (χ4n) is 2.41. The summed E-state index contributed by atoms with van der Waals surface area (Å²) in [6.45, 7) is 3.85. The first-order valence-corrected chi connectivity index (χ1v) is 9.54. The Morgan fingerprint density at radius 3 is 2.44 bits per heavy atom. The number of amides is 1. The highest BCUT2D eigenvalue weighted by molar-refractivity contribution is 7.85. The van der Waals surface area contributed by atoms with Gasteiger partial charge in [0, 0.05) is 17.6 Å². The van der Waals surface area contributed by atoms with Gasteiger partial charge in [0.1, 0.15) is 11.6 Å². The van der Waals surface area contributed by atoms with Crippen LogP contribution in [0, 0.1) is 18.3 Å². The number of nitrogens with one attached hydrogen (secondary N) is 2. The Morgan fingerprint density at radius 1 is 1.22 bits per heavy atom. The van der Waals surface area contributed by atoms with Crippen LogP contribution in [0.15, 0.2) is 59.1 Å². The molecule has 0 aliphatic heterocycles. The van der Waals surface area contributed by atoms with Gasteiger partial charge in [-0.2, -0.15) is 13.7 Å². The van der Waals surface area contributed by atoms with E-state index in [-0.39, 0.29) is 10.5 Å². The van der Waals surface area contributed by atoms with Crippen LogP contribution in [0.2, 0.25) is 0 Å². The molecule has 2 aromatic rings. The zero-order chi connectivity index (χ0) is 20.0. The summed E-state index contributed by atoms with van der Waals surface area (Å²) < 4.78 is 31.0. The number of para-hydroxylation sites is 1. The van der Waals surface area contributed by atoms with Crippen LogP contribution in [-0.4, -0.2) is 18.9 Å². The zero-order valence-electron chi connectivity index (χ0n) is 14.9. The molecule has 0 bridgehead atoms. The van der Waals surface area contributed by atoms with Gasteiger partial charge < -0.3 is 10.6 Å². The fraction of sp³-hybridized carbons (Fsp3) is 0.158. The predicted molar refractivity (Wildman–Crippen MR) is 103 cm³/mol. The molecule has 2 aromatic carbocycles. The fourth-order valence-corrected chi connectivity index (χ4v) is 2.89. The van der Waals surface area contributed by atoms with Gasteiger partial charge in [0.15, 0.2) is 0 Å². The first-order chi connectivity index (χ1) is 12.8. The molecule has 0 atom stereocenters. The predicted octanol–water partition coefficient (Wildman–Crippen LogP) is 3.26. The van der Waals surface area contributed by atoms with Gasteiger partial charge in [0.05, 0.1) is 4.90 Å². The van der Waals surface area contributed by atoms with Gasteiger partial charge in [-0.3, -0.25) is 9.35 Å². The minimum Gasteiger partial charge on any atom is -0.360 e. The molecule has 1 amide bonds. The van der Waals surface area contributed by atoms with Crippen molar-refractivity contribution >= 4 is 27.4 Å². The molecule has 7 nitrogen and oxygen atoms in total. The van der Waals surface area contributed by atoms with E-state index >= 15 is 0 Å². The molecule has 0 heterocycles. The Morgan fingerprint density at radius 2 is 1.89 bits per heavy atom. The van der Waals surface area contributed by atoms with Crippen molar-refractivity contribution in [2.75, 3.05) is 10.6 Å². The molecule has 2 rings (SSSR count). The van der Waals surface area contributed by atoms with E-state index in [2.05, 4.69) is 10.6 Å². The number of hydrogen-bond donors (Lipinski definition) is 3. The third-order valence-electron chi connectivity index (χ3n) is 3.88. The minimum atomic E-state index is -4.27. The van der Waals surface area contributed by atoms with E-state index in [1.165, 1.54) is 30.5 Å². The Labute approximate surface area is 158 Å². The van der Waals surface area contributed by atoms with Crippen LogP contribution >= 0.6 is 0 Å². The number of hydrogen-bond acceptors (Lipinski definition) is 5. The third kappa shape index (κ3) is 5.17. The summed E-state index contributed by atoms with van der Waals surface area (Å²) in [6, 6.07) is 12.8. The lowest BCUT2D eigenvalue weighted by Gasteiger charge is -2.12. The highest BCUT2D eigenvalue weighted by atomic mass is 32.2. The molecule has 0 aromatic heterocycles. The number of benzene rings is 2. The van der Waals surface area contributed by atoms with E-state index < -0.39 is 16.0 Å². The van der Waals surface area contributed by atoms with Crippen molar-refractivity contribution in [3.05, 3.63) is 65.4 Å². The highest BCUT2D eigenvalue weighted by Gasteiger charge is 2.13. The number of carbonyl (C=O) groups is 1. The van der Waals surface area contributed by atoms with Crippen LogP contribution in [0.5, 0.6) is 0 Å². The van der Waals surface area contributed by atoms with Gasteiger partial charge in [0.2, 0.25) is 0 Å². The van der Waals surface area contributed by atoms with Crippen molar-refractivity contribution in [3.63, 3.8) is 0 Å². The maximum absolute atomic E-state index is 12.4. The van der Waals surface area contributed by atoms with E-state index in [4.69, 9.17) is 4.55 Å². The highest BCUT2D eigenvalue weighted by Crippen LogP contribution is 2.22. The monoisotopic (exact) mass is 385 g/mol. The summed E-state index contributed by atoms with van der Waals surface area (Å²) in [7, 11) is -4.27. The summed E-state index contributed by atoms with van der Waals surface area (Å²) in [4.78, 5) is 12.2. The number of carbonyl (C=O) groups excluding carboxylic acids is 1. The summed E-state index contributed by atoms with van der Waals surface area (Å²) in [6.07, 6.45) is 1.98. The van der Waals surface area contributed by atoms with Gasteiger partial charge in [-0.05, 0) is 48.7 Å². The largest absolute Gasteiger partial charge is 0.360 e. The normalized spacial score (nSPS) is 11.6. The molecule has 0 saturated carbocycles. The second-order valence-electron chi connectivity index (χ2n) is 5.73. The molecular formula is C19H19N3O4S. The standard InChI is InChI=1S/C19H19N3O4S/c1-3-14-6-4-5-13(2)18(14)22-19(23)15(11-20)12-21-16-7-9-17(10-8-16)27(24,25)26/h4-10,12,21H,3H2,1-2H3,(H,22,23)(H,24,25,26)/b15-12-. The Kier molecular flexibility index (Phi) is 6.34. The van der Waals surface area contributed by atoms with Crippen molar-refractivity contribution in [1.82, 2.24) is 0 Å². The first-order valence-electron chi connectivity index (χ1n) is 8.10. The number of nitrogens with zero attached hydrogens (tertiary/aromatic N) is 1. The molecule has 3 N–H and O–H groups in total. The quantitative estimate of drug-likeness (QED) is 0.399. The molecule has 0 aliphatic carbocycles. The van der Waals surface area contributed by atoms with Gasteiger partial charge in [-0.25, -0.2) is 0 Å². The minimum absolute atomic E-state index is 0.140. The molecule has 140 valence electrons. The Balaban J connectivity index is 2.17. The third-order valence-corrected chi connectivity index (χ3v) is 4.75. The number of rotatable bonds is 6. The van der Waals surface area contributed by atoms with Crippen molar-refractivity contribution in [2.24, 2.45) is 0 Å². The average Bonchev–Trinajstić information content (AvgIpc) is 2.63.